The van der Waals surface area contributed by atoms with Crippen LogP contribution < -0.4 is 0 Å². The Kier molecular flexibility index (Phi) is 3.95. The Hall–Kier alpha value is -0.260. The molecular formula is C13H19BrN2OS. The predicted octanol–water partition coefficient (Wildman–Crippen LogP) is 4.51. The maximum Gasteiger partial charge on any atom is 0.144 e. The number of aromatic amines is 1. The number of H-pyrrole nitrogens is 1. The number of ether oxygens (including phenoxy) is 1. The number of nitrogens with one attached hydrogen (secondary N) is 1. The van der Waals surface area contributed by atoms with Gasteiger partial charge in [-0.2, -0.15) is 0 Å². The van der Waals surface area contributed by atoms with E-state index in [-0.39, 0.29) is 11.5 Å². The van der Waals surface area contributed by atoms with Crippen molar-refractivity contribution < 1.29 is 4.74 Å². The summed E-state index contributed by atoms with van der Waals surface area (Å²) < 4.78 is 7.16. The van der Waals surface area contributed by atoms with E-state index >= 15 is 0 Å². The van der Waals surface area contributed by atoms with Gasteiger partial charge in [0.1, 0.15) is 16.6 Å². The predicted molar refractivity (Wildman–Crippen MR) is 78.3 cm³/mol. The number of halogens is 1. The molecular weight excluding hydrogens is 312 g/mol. The summed E-state index contributed by atoms with van der Waals surface area (Å²) in [4.78, 5) is 7.89. The van der Waals surface area contributed by atoms with Crippen LogP contribution in [0.5, 0.6) is 0 Å². The van der Waals surface area contributed by atoms with Crippen molar-refractivity contribution >= 4 is 28.1 Å². The van der Waals surface area contributed by atoms with Crippen molar-refractivity contribution in [3.05, 3.63) is 20.6 Å². The molecule has 1 fully saturated rings. The molecule has 1 saturated carbocycles. The SMILES string of the molecule is COC(c1nc(=S)c(Br)c(C2CC2)[nH]1)C(C)(C)C. The Bertz CT molecular complexity index is 503. The minimum Gasteiger partial charge on any atom is -0.373 e. The molecule has 1 aromatic rings. The fraction of sp³-hybridized carbons (Fsp3) is 0.692. The molecule has 1 aliphatic carbocycles. The molecule has 3 nitrogen and oxygen atoms in total. The van der Waals surface area contributed by atoms with Gasteiger partial charge in [-0.05, 0) is 34.2 Å². The van der Waals surface area contributed by atoms with E-state index in [0.717, 1.165) is 10.3 Å². The van der Waals surface area contributed by atoms with Gasteiger partial charge >= 0.3 is 0 Å². The highest BCUT2D eigenvalue weighted by atomic mass is 79.9. The van der Waals surface area contributed by atoms with Crippen LogP contribution in [0.1, 0.15) is 57.2 Å². The molecule has 0 bridgehead atoms. The smallest absolute Gasteiger partial charge is 0.144 e. The summed E-state index contributed by atoms with van der Waals surface area (Å²) in [6.07, 6.45) is 2.37. The Balaban J connectivity index is 2.48. The summed E-state index contributed by atoms with van der Waals surface area (Å²) in [5.41, 5.74) is 1.16. The van der Waals surface area contributed by atoms with Crippen molar-refractivity contribution in [1.29, 1.82) is 0 Å². The molecule has 1 N–H and O–H groups in total. The van der Waals surface area contributed by atoms with Gasteiger partial charge in [-0.1, -0.05) is 33.0 Å². The second-order valence-electron chi connectivity index (χ2n) is 5.91. The van der Waals surface area contributed by atoms with E-state index in [0.29, 0.717) is 10.6 Å². The van der Waals surface area contributed by atoms with E-state index in [4.69, 9.17) is 17.0 Å². The van der Waals surface area contributed by atoms with E-state index in [1.54, 1.807) is 7.11 Å². The van der Waals surface area contributed by atoms with E-state index in [2.05, 4.69) is 46.7 Å². The number of hydrogen-bond donors (Lipinski definition) is 1. The van der Waals surface area contributed by atoms with E-state index in [1.165, 1.54) is 18.5 Å². The summed E-state index contributed by atoms with van der Waals surface area (Å²) in [6, 6.07) is 0. The van der Waals surface area contributed by atoms with E-state index < -0.39 is 0 Å². The summed E-state index contributed by atoms with van der Waals surface area (Å²) in [5, 5.41) is 0. The Morgan fingerprint density at radius 2 is 2.06 bits per heavy atom. The first-order valence-electron chi connectivity index (χ1n) is 6.17. The van der Waals surface area contributed by atoms with Crippen molar-refractivity contribution in [2.24, 2.45) is 5.41 Å². The largest absolute Gasteiger partial charge is 0.373 e. The third kappa shape index (κ3) is 2.83. The van der Waals surface area contributed by atoms with Gasteiger partial charge in [0.2, 0.25) is 0 Å². The van der Waals surface area contributed by atoms with Gasteiger partial charge in [0.15, 0.2) is 0 Å². The molecule has 0 amide bonds. The molecule has 5 heteroatoms. The Morgan fingerprint density at radius 1 is 1.44 bits per heavy atom. The molecule has 0 aliphatic heterocycles. The van der Waals surface area contributed by atoms with E-state index in [1.807, 2.05) is 0 Å². The number of nitrogens with zero attached hydrogens (tertiary/aromatic N) is 1. The van der Waals surface area contributed by atoms with Crippen molar-refractivity contribution in [3.8, 4) is 0 Å². The van der Waals surface area contributed by atoms with Gasteiger partial charge < -0.3 is 9.72 Å². The van der Waals surface area contributed by atoms with Gasteiger partial charge in [-0.3, -0.25) is 0 Å². The van der Waals surface area contributed by atoms with Crippen LogP contribution in [0.3, 0.4) is 0 Å². The quantitative estimate of drug-likeness (QED) is 0.828. The standard InChI is InChI=1S/C13H19BrN2OS/c1-13(2,3)10(17-4)11-15-9(7-5-6-7)8(14)12(18)16-11/h7,10H,5-6H2,1-4H3,(H,15,16,18). The number of aromatic nitrogens is 2. The summed E-state index contributed by atoms with van der Waals surface area (Å²) in [6.45, 7) is 6.41. The van der Waals surface area contributed by atoms with E-state index in [9.17, 15) is 0 Å². The number of rotatable bonds is 3. The maximum absolute atomic E-state index is 5.60. The van der Waals surface area contributed by atoms with Gasteiger partial charge in [0.05, 0.1) is 4.47 Å². The molecule has 100 valence electrons. The Morgan fingerprint density at radius 3 is 2.50 bits per heavy atom. The second-order valence-corrected chi connectivity index (χ2v) is 7.09. The van der Waals surface area contributed by atoms with Crippen molar-refractivity contribution in [1.82, 2.24) is 9.97 Å². The number of methoxy groups -OCH3 is 1. The first-order chi connectivity index (χ1) is 8.34. The highest BCUT2D eigenvalue weighted by Crippen LogP contribution is 2.43. The summed E-state index contributed by atoms with van der Waals surface area (Å²) >= 11 is 8.87. The average molecular weight is 331 g/mol. The lowest BCUT2D eigenvalue weighted by atomic mass is 9.88. The van der Waals surface area contributed by atoms with Gasteiger partial charge in [-0.25, -0.2) is 4.98 Å². The topological polar surface area (TPSA) is 37.9 Å². The van der Waals surface area contributed by atoms with Gasteiger partial charge in [0, 0.05) is 18.7 Å². The molecule has 1 unspecified atom stereocenters. The lowest BCUT2D eigenvalue weighted by molar-refractivity contribution is 0.00839. The maximum atomic E-state index is 5.60. The lowest BCUT2D eigenvalue weighted by Crippen LogP contribution is -2.23. The summed E-state index contributed by atoms with van der Waals surface area (Å²) in [5.74, 6) is 1.43. The molecule has 0 saturated heterocycles. The van der Waals surface area contributed by atoms with Crippen LogP contribution in [0.2, 0.25) is 0 Å². The molecule has 2 rings (SSSR count). The fourth-order valence-electron chi connectivity index (χ4n) is 2.15. The van der Waals surface area contributed by atoms with Crippen molar-refractivity contribution in [2.75, 3.05) is 7.11 Å². The van der Waals surface area contributed by atoms with Crippen molar-refractivity contribution in [3.63, 3.8) is 0 Å². The molecule has 0 spiro atoms. The minimum absolute atomic E-state index is 0.0192. The third-order valence-electron chi connectivity index (χ3n) is 3.17. The molecule has 1 heterocycles. The van der Waals surface area contributed by atoms with Crippen LogP contribution in [-0.4, -0.2) is 17.1 Å². The lowest BCUT2D eigenvalue weighted by Gasteiger charge is -2.28. The summed E-state index contributed by atoms with van der Waals surface area (Å²) in [7, 11) is 1.72. The van der Waals surface area contributed by atoms with Crippen LogP contribution in [0.15, 0.2) is 4.47 Å². The fourth-order valence-corrected chi connectivity index (χ4v) is 2.87. The van der Waals surface area contributed by atoms with Gasteiger partial charge in [-0.15, -0.1) is 0 Å². The van der Waals surface area contributed by atoms with Gasteiger partial charge in [0.25, 0.3) is 0 Å². The van der Waals surface area contributed by atoms with Crippen LogP contribution >= 0.6 is 28.1 Å². The highest BCUT2D eigenvalue weighted by molar-refractivity contribution is 9.10. The third-order valence-corrected chi connectivity index (χ3v) is 4.53. The first-order valence-corrected chi connectivity index (χ1v) is 7.37. The zero-order chi connectivity index (χ0) is 13.5. The molecule has 1 aromatic heterocycles. The molecule has 1 atom stereocenters. The second kappa shape index (κ2) is 5.02. The zero-order valence-electron chi connectivity index (χ0n) is 11.2. The van der Waals surface area contributed by atoms with Crippen LogP contribution in [0.25, 0.3) is 0 Å². The monoisotopic (exact) mass is 330 g/mol. The number of hydrogen-bond acceptors (Lipinski definition) is 3. The average Bonchev–Trinajstić information content (AvgIpc) is 3.05. The normalized spacial score (nSPS) is 17.8. The molecule has 18 heavy (non-hydrogen) atoms. The molecule has 0 radical (unpaired) electrons. The van der Waals surface area contributed by atoms with Crippen LogP contribution in [-0.2, 0) is 4.74 Å². The van der Waals surface area contributed by atoms with Crippen LogP contribution in [0, 0.1) is 10.1 Å². The first kappa shape index (κ1) is 14.2. The minimum atomic E-state index is -0.0789. The zero-order valence-corrected chi connectivity index (χ0v) is 13.6. The molecule has 0 aromatic carbocycles. The van der Waals surface area contributed by atoms with Crippen molar-refractivity contribution in [2.45, 2.75) is 45.6 Å². The highest BCUT2D eigenvalue weighted by Gasteiger charge is 2.32. The van der Waals surface area contributed by atoms with Crippen LogP contribution in [0.4, 0.5) is 0 Å². The Labute approximate surface area is 121 Å². The molecule has 1 aliphatic rings.